The number of hydrogen-bond donors (Lipinski definition) is 1. The third-order valence-corrected chi connectivity index (χ3v) is 3.94. The number of nitro benzene ring substituents is 1. The van der Waals surface area contributed by atoms with E-state index in [0.717, 1.165) is 16.4 Å². The highest BCUT2D eigenvalue weighted by atomic mass is 16.6. The zero-order chi connectivity index (χ0) is 16.0. The SMILES string of the molecule is Nc1cccc(-c2cccc3c2oc2ccccc23)c1[N+](=O)[O-]. The van der Waals surface area contributed by atoms with Crippen LogP contribution in [0.2, 0.25) is 0 Å². The molecule has 5 nitrogen and oxygen atoms in total. The summed E-state index contributed by atoms with van der Waals surface area (Å²) in [7, 11) is 0. The fourth-order valence-corrected chi connectivity index (χ4v) is 2.94. The Kier molecular flexibility index (Phi) is 2.81. The minimum atomic E-state index is -0.452. The lowest BCUT2D eigenvalue weighted by atomic mass is 10.00. The number of nitrogens with two attached hydrogens (primary N) is 1. The molecule has 0 aliphatic carbocycles. The van der Waals surface area contributed by atoms with Gasteiger partial charge >= 0.3 is 0 Å². The van der Waals surface area contributed by atoms with Crippen LogP contribution in [0.5, 0.6) is 0 Å². The van der Waals surface area contributed by atoms with Gasteiger partial charge in [0.15, 0.2) is 0 Å². The number of benzene rings is 3. The van der Waals surface area contributed by atoms with E-state index in [1.54, 1.807) is 12.1 Å². The highest BCUT2D eigenvalue weighted by molar-refractivity contribution is 6.10. The fraction of sp³-hybridized carbons (Fsp3) is 0. The monoisotopic (exact) mass is 304 g/mol. The Morgan fingerprint density at radius 2 is 1.57 bits per heavy atom. The van der Waals surface area contributed by atoms with Crippen LogP contribution in [0.25, 0.3) is 33.1 Å². The molecule has 0 aliphatic heterocycles. The van der Waals surface area contributed by atoms with Gasteiger partial charge in [0.2, 0.25) is 0 Å². The molecule has 2 N–H and O–H groups in total. The molecule has 0 radical (unpaired) electrons. The van der Waals surface area contributed by atoms with E-state index in [9.17, 15) is 10.1 Å². The molecule has 0 spiro atoms. The molecule has 0 amide bonds. The molecule has 1 heterocycles. The second kappa shape index (κ2) is 4.84. The van der Waals surface area contributed by atoms with Crippen LogP contribution in [0.15, 0.2) is 65.1 Å². The Morgan fingerprint density at radius 3 is 2.39 bits per heavy atom. The average molecular weight is 304 g/mol. The van der Waals surface area contributed by atoms with Gasteiger partial charge in [0, 0.05) is 16.3 Å². The first-order chi connectivity index (χ1) is 11.2. The molecule has 112 valence electrons. The Bertz CT molecular complexity index is 1070. The van der Waals surface area contributed by atoms with Gasteiger partial charge in [0.25, 0.3) is 5.69 Å². The van der Waals surface area contributed by atoms with Crippen LogP contribution in [0.4, 0.5) is 11.4 Å². The molecule has 0 unspecified atom stereocenters. The quantitative estimate of drug-likeness (QED) is 0.329. The number of fused-ring (bicyclic) bond motifs is 3. The molecular formula is C18H12N2O3. The maximum absolute atomic E-state index is 11.4. The molecule has 0 aliphatic rings. The van der Waals surface area contributed by atoms with Crippen LogP contribution in [0.3, 0.4) is 0 Å². The second-order valence-electron chi connectivity index (χ2n) is 5.28. The van der Waals surface area contributed by atoms with Crippen molar-refractivity contribution in [1.82, 2.24) is 0 Å². The van der Waals surface area contributed by atoms with Gasteiger partial charge in [-0.3, -0.25) is 10.1 Å². The normalized spacial score (nSPS) is 11.1. The molecule has 0 bridgehead atoms. The van der Waals surface area contributed by atoms with Gasteiger partial charge in [0.1, 0.15) is 16.9 Å². The molecule has 3 aromatic carbocycles. The van der Waals surface area contributed by atoms with Gasteiger partial charge in [-0.25, -0.2) is 0 Å². The zero-order valence-corrected chi connectivity index (χ0v) is 12.0. The van der Waals surface area contributed by atoms with E-state index < -0.39 is 4.92 Å². The van der Waals surface area contributed by atoms with Gasteiger partial charge < -0.3 is 10.2 Å². The Balaban J connectivity index is 2.12. The lowest BCUT2D eigenvalue weighted by molar-refractivity contribution is -0.383. The van der Waals surface area contributed by atoms with E-state index in [4.69, 9.17) is 10.2 Å². The van der Waals surface area contributed by atoms with E-state index >= 15 is 0 Å². The highest BCUT2D eigenvalue weighted by Gasteiger charge is 2.22. The first kappa shape index (κ1) is 13.3. The molecule has 5 heteroatoms. The van der Waals surface area contributed by atoms with Crippen LogP contribution >= 0.6 is 0 Å². The largest absolute Gasteiger partial charge is 0.455 e. The van der Waals surface area contributed by atoms with Crippen molar-refractivity contribution in [2.24, 2.45) is 0 Å². The number of nitrogens with zero attached hydrogens (tertiary/aromatic N) is 1. The molecule has 4 rings (SSSR count). The summed E-state index contributed by atoms with van der Waals surface area (Å²) < 4.78 is 5.95. The Hall–Kier alpha value is -3.34. The molecule has 0 saturated carbocycles. The summed E-state index contributed by atoms with van der Waals surface area (Å²) in [5.41, 5.74) is 8.35. The third kappa shape index (κ3) is 1.94. The van der Waals surface area contributed by atoms with Crippen molar-refractivity contribution in [3.8, 4) is 11.1 Å². The van der Waals surface area contributed by atoms with Gasteiger partial charge in [-0.15, -0.1) is 0 Å². The number of nitro groups is 1. The highest BCUT2D eigenvalue weighted by Crippen LogP contribution is 2.40. The summed E-state index contributed by atoms with van der Waals surface area (Å²) in [6.07, 6.45) is 0. The lowest BCUT2D eigenvalue weighted by Gasteiger charge is -2.06. The van der Waals surface area contributed by atoms with E-state index in [1.165, 1.54) is 6.07 Å². The predicted molar refractivity (Wildman–Crippen MR) is 90.2 cm³/mol. The van der Waals surface area contributed by atoms with E-state index in [-0.39, 0.29) is 11.4 Å². The maximum Gasteiger partial charge on any atom is 0.299 e. The standard InChI is InChI=1S/C18H12N2O3/c19-15-9-4-6-12(17(15)20(21)22)14-8-3-7-13-11-5-1-2-10-16(11)23-18(13)14/h1-10H,19H2. The summed E-state index contributed by atoms with van der Waals surface area (Å²) in [5.74, 6) is 0. The summed E-state index contributed by atoms with van der Waals surface area (Å²) in [5, 5.41) is 13.3. The number of nitrogen functional groups attached to an aromatic ring is 1. The van der Waals surface area contributed by atoms with Gasteiger partial charge in [0.05, 0.1) is 10.5 Å². The molecule has 0 saturated heterocycles. The number of para-hydroxylation sites is 3. The third-order valence-electron chi connectivity index (χ3n) is 3.94. The molecular weight excluding hydrogens is 292 g/mol. The van der Waals surface area contributed by atoms with Crippen LogP contribution in [-0.4, -0.2) is 4.92 Å². The number of furan rings is 1. The van der Waals surface area contributed by atoms with Crippen molar-refractivity contribution in [3.63, 3.8) is 0 Å². The Morgan fingerprint density at radius 1 is 0.870 bits per heavy atom. The van der Waals surface area contributed by atoms with Crippen LogP contribution in [0, 0.1) is 10.1 Å². The minimum absolute atomic E-state index is 0.0968. The van der Waals surface area contributed by atoms with Crippen molar-refractivity contribution < 1.29 is 9.34 Å². The number of rotatable bonds is 2. The van der Waals surface area contributed by atoms with Crippen molar-refractivity contribution in [1.29, 1.82) is 0 Å². The first-order valence-corrected chi connectivity index (χ1v) is 7.10. The summed E-state index contributed by atoms with van der Waals surface area (Å²) in [6, 6.07) is 18.2. The van der Waals surface area contributed by atoms with Gasteiger partial charge in [-0.1, -0.05) is 42.5 Å². The van der Waals surface area contributed by atoms with Crippen LogP contribution in [0.1, 0.15) is 0 Å². The van der Waals surface area contributed by atoms with Crippen molar-refractivity contribution >= 4 is 33.3 Å². The molecule has 0 fully saturated rings. The smallest absolute Gasteiger partial charge is 0.299 e. The maximum atomic E-state index is 11.4. The van der Waals surface area contributed by atoms with Crippen molar-refractivity contribution in [2.75, 3.05) is 5.73 Å². The predicted octanol–water partition coefficient (Wildman–Crippen LogP) is 4.74. The number of hydrogen-bond acceptors (Lipinski definition) is 4. The lowest BCUT2D eigenvalue weighted by Crippen LogP contribution is -1.98. The number of anilines is 1. The summed E-state index contributed by atoms with van der Waals surface area (Å²) in [6.45, 7) is 0. The molecule has 4 aromatic rings. The average Bonchev–Trinajstić information content (AvgIpc) is 2.93. The van der Waals surface area contributed by atoms with Gasteiger partial charge in [-0.05, 0) is 18.2 Å². The van der Waals surface area contributed by atoms with Crippen molar-refractivity contribution in [2.45, 2.75) is 0 Å². The molecule has 0 atom stereocenters. The van der Waals surface area contributed by atoms with Crippen molar-refractivity contribution in [3.05, 3.63) is 70.8 Å². The minimum Gasteiger partial charge on any atom is -0.455 e. The van der Waals surface area contributed by atoms with Crippen LogP contribution < -0.4 is 5.73 Å². The molecule has 1 aromatic heterocycles. The van der Waals surface area contributed by atoms with E-state index in [1.807, 2.05) is 42.5 Å². The molecule has 23 heavy (non-hydrogen) atoms. The van der Waals surface area contributed by atoms with E-state index in [0.29, 0.717) is 16.7 Å². The van der Waals surface area contributed by atoms with Crippen LogP contribution in [-0.2, 0) is 0 Å². The zero-order valence-electron chi connectivity index (χ0n) is 12.0. The first-order valence-electron chi connectivity index (χ1n) is 7.10. The van der Waals surface area contributed by atoms with E-state index in [2.05, 4.69) is 0 Å². The summed E-state index contributed by atoms with van der Waals surface area (Å²) >= 11 is 0. The Labute approximate surface area is 131 Å². The second-order valence-corrected chi connectivity index (χ2v) is 5.28. The van der Waals surface area contributed by atoms with Gasteiger partial charge in [-0.2, -0.15) is 0 Å². The summed E-state index contributed by atoms with van der Waals surface area (Å²) in [4.78, 5) is 11.0. The fourth-order valence-electron chi connectivity index (χ4n) is 2.94. The topological polar surface area (TPSA) is 82.3 Å².